The van der Waals surface area contributed by atoms with E-state index in [2.05, 4.69) is 5.16 Å². The molecule has 0 rings (SSSR count). The monoisotopic (exact) mass is 231 g/mol. The summed E-state index contributed by atoms with van der Waals surface area (Å²) in [6.07, 6.45) is 1.45. The summed E-state index contributed by atoms with van der Waals surface area (Å²) in [7, 11) is -1.84. The minimum atomic E-state index is -1.84. The Morgan fingerprint density at radius 2 is 1.87 bits per heavy atom. The standard InChI is InChI=1S/C10H21NO3Si/c1-6-8-9(11-13-7-2)10(12)14-15(3,4)5/h6-8H2,1-5H3/b11-9+. The van der Waals surface area contributed by atoms with Crippen molar-refractivity contribution in [2.45, 2.75) is 46.3 Å². The molecule has 5 heteroatoms. The van der Waals surface area contributed by atoms with Crippen LogP contribution < -0.4 is 0 Å². The van der Waals surface area contributed by atoms with Crippen molar-refractivity contribution in [1.82, 2.24) is 0 Å². The van der Waals surface area contributed by atoms with Gasteiger partial charge in [0.2, 0.25) is 8.32 Å². The summed E-state index contributed by atoms with van der Waals surface area (Å²) in [4.78, 5) is 16.5. The van der Waals surface area contributed by atoms with Gasteiger partial charge in [0.25, 0.3) is 0 Å². The van der Waals surface area contributed by atoms with Crippen LogP contribution in [0.5, 0.6) is 0 Å². The van der Waals surface area contributed by atoms with E-state index in [0.717, 1.165) is 6.42 Å². The molecule has 0 aliphatic carbocycles. The van der Waals surface area contributed by atoms with Crippen molar-refractivity contribution in [2.24, 2.45) is 5.16 Å². The Labute approximate surface area is 92.8 Å². The van der Waals surface area contributed by atoms with Gasteiger partial charge < -0.3 is 9.26 Å². The van der Waals surface area contributed by atoms with Gasteiger partial charge >= 0.3 is 5.97 Å². The van der Waals surface area contributed by atoms with Crippen LogP contribution in [-0.2, 0) is 14.1 Å². The number of carbonyl (C=O) groups is 1. The van der Waals surface area contributed by atoms with Gasteiger partial charge in [0.15, 0.2) is 5.71 Å². The van der Waals surface area contributed by atoms with Gasteiger partial charge in [-0.1, -0.05) is 18.5 Å². The highest BCUT2D eigenvalue weighted by molar-refractivity contribution is 6.72. The maximum atomic E-state index is 11.7. The summed E-state index contributed by atoms with van der Waals surface area (Å²) in [5.41, 5.74) is 0.391. The van der Waals surface area contributed by atoms with Crippen LogP contribution in [-0.4, -0.2) is 26.6 Å². The fourth-order valence-corrected chi connectivity index (χ4v) is 1.58. The number of carbonyl (C=O) groups excluding carboxylic acids is 1. The Hall–Kier alpha value is -0.843. The van der Waals surface area contributed by atoms with E-state index in [9.17, 15) is 4.79 Å². The van der Waals surface area contributed by atoms with Gasteiger partial charge in [0.05, 0.1) is 0 Å². The van der Waals surface area contributed by atoms with E-state index in [1.807, 2.05) is 33.5 Å². The van der Waals surface area contributed by atoms with Crippen molar-refractivity contribution in [2.75, 3.05) is 6.61 Å². The van der Waals surface area contributed by atoms with Crippen molar-refractivity contribution in [3.05, 3.63) is 0 Å². The zero-order chi connectivity index (χ0) is 11.9. The quantitative estimate of drug-likeness (QED) is 0.401. The van der Waals surface area contributed by atoms with E-state index in [4.69, 9.17) is 9.26 Å². The first-order chi connectivity index (χ1) is 6.90. The van der Waals surface area contributed by atoms with Crippen molar-refractivity contribution < 1.29 is 14.1 Å². The predicted molar refractivity (Wildman–Crippen MR) is 63.4 cm³/mol. The number of rotatable bonds is 6. The fraction of sp³-hybridized carbons (Fsp3) is 0.800. The second-order valence-electron chi connectivity index (χ2n) is 4.21. The topological polar surface area (TPSA) is 47.9 Å². The first-order valence-electron chi connectivity index (χ1n) is 5.32. The van der Waals surface area contributed by atoms with Gasteiger partial charge in [0, 0.05) is 6.42 Å². The highest BCUT2D eigenvalue weighted by Gasteiger charge is 2.23. The van der Waals surface area contributed by atoms with E-state index in [1.54, 1.807) is 0 Å². The molecule has 0 unspecified atom stereocenters. The third kappa shape index (κ3) is 7.13. The van der Waals surface area contributed by atoms with Gasteiger partial charge in [-0.2, -0.15) is 0 Å². The minimum Gasteiger partial charge on any atom is -0.515 e. The zero-order valence-electron chi connectivity index (χ0n) is 10.3. The van der Waals surface area contributed by atoms with Crippen LogP contribution in [0.15, 0.2) is 5.16 Å². The molecule has 0 aromatic heterocycles. The lowest BCUT2D eigenvalue weighted by atomic mass is 10.2. The van der Waals surface area contributed by atoms with Gasteiger partial charge in [-0.25, -0.2) is 4.79 Å². The SMILES string of the molecule is CCC/C(=N\OCC)C(=O)O[Si](C)(C)C. The lowest BCUT2D eigenvalue weighted by molar-refractivity contribution is -0.128. The highest BCUT2D eigenvalue weighted by atomic mass is 28.4. The first-order valence-corrected chi connectivity index (χ1v) is 8.73. The van der Waals surface area contributed by atoms with Crippen LogP contribution in [0.4, 0.5) is 0 Å². The maximum Gasteiger partial charge on any atom is 0.342 e. The van der Waals surface area contributed by atoms with Crippen molar-refractivity contribution >= 4 is 20.0 Å². The molecule has 88 valence electrons. The summed E-state index contributed by atoms with van der Waals surface area (Å²) in [6, 6.07) is 0. The van der Waals surface area contributed by atoms with Gasteiger partial charge in [-0.15, -0.1) is 0 Å². The van der Waals surface area contributed by atoms with E-state index in [1.165, 1.54) is 0 Å². The molecule has 4 nitrogen and oxygen atoms in total. The van der Waals surface area contributed by atoms with Crippen molar-refractivity contribution in [1.29, 1.82) is 0 Å². The zero-order valence-corrected chi connectivity index (χ0v) is 11.3. The van der Waals surface area contributed by atoms with Crippen LogP contribution in [0.1, 0.15) is 26.7 Å². The van der Waals surface area contributed by atoms with Crippen LogP contribution in [0.3, 0.4) is 0 Å². The number of hydrogen-bond acceptors (Lipinski definition) is 4. The van der Waals surface area contributed by atoms with Gasteiger partial charge in [-0.05, 0) is 26.6 Å². The molecule has 0 saturated carbocycles. The summed E-state index contributed by atoms with van der Waals surface area (Å²) in [5.74, 6) is -0.329. The Morgan fingerprint density at radius 1 is 1.27 bits per heavy atom. The van der Waals surface area contributed by atoms with Crippen molar-refractivity contribution in [3.8, 4) is 0 Å². The molecule has 0 atom stereocenters. The molecular formula is C10H21NO3Si. The largest absolute Gasteiger partial charge is 0.515 e. The summed E-state index contributed by atoms with van der Waals surface area (Å²) < 4.78 is 5.34. The van der Waals surface area contributed by atoms with Crippen LogP contribution >= 0.6 is 0 Å². The summed E-state index contributed by atoms with van der Waals surface area (Å²) in [5, 5.41) is 3.78. The Kier molecular flexibility index (Phi) is 6.23. The molecule has 0 spiro atoms. The molecular weight excluding hydrogens is 210 g/mol. The molecule has 0 bridgehead atoms. The Bertz CT molecular complexity index is 233. The molecule has 0 radical (unpaired) electrons. The Morgan fingerprint density at radius 3 is 2.27 bits per heavy atom. The predicted octanol–water partition coefficient (Wildman–Crippen LogP) is 2.56. The molecule has 0 aliphatic rings. The second-order valence-corrected chi connectivity index (χ2v) is 8.64. The average Bonchev–Trinajstić information content (AvgIpc) is 2.09. The molecule has 0 aromatic rings. The van der Waals surface area contributed by atoms with Crippen LogP contribution in [0, 0.1) is 0 Å². The normalized spacial score (nSPS) is 12.5. The molecule has 15 heavy (non-hydrogen) atoms. The molecule has 0 fully saturated rings. The number of nitrogens with zero attached hydrogens (tertiary/aromatic N) is 1. The van der Waals surface area contributed by atoms with Gasteiger partial charge in [-0.3, -0.25) is 0 Å². The third-order valence-electron chi connectivity index (χ3n) is 1.43. The van der Waals surface area contributed by atoms with Gasteiger partial charge in [0.1, 0.15) is 6.61 Å². The smallest absolute Gasteiger partial charge is 0.342 e. The van der Waals surface area contributed by atoms with E-state index >= 15 is 0 Å². The summed E-state index contributed by atoms with van der Waals surface area (Å²) in [6.45, 7) is 10.2. The van der Waals surface area contributed by atoms with E-state index in [0.29, 0.717) is 18.7 Å². The average molecular weight is 231 g/mol. The lowest BCUT2D eigenvalue weighted by Gasteiger charge is -2.17. The van der Waals surface area contributed by atoms with Crippen LogP contribution in [0.2, 0.25) is 19.6 Å². The highest BCUT2D eigenvalue weighted by Crippen LogP contribution is 2.06. The minimum absolute atomic E-state index is 0.329. The number of hydrogen-bond donors (Lipinski definition) is 0. The molecule has 0 amide bonds. The molecule has 0 saturated heterocycles. The maximum absolute atomic E-state index is 11.7. The van der Waals surface area contributed by atoms with Crippen molar-refractivity contribution in [3.63, 3.8) is 0 Å². The van der Waals surface area contributed by atoms with E-state index in [-0.39, 0.29) is 5.97 Å². The first kappa shape index (κ1) is 14.2. The molecule has 0 heterocycles. The van der Waals surface area contributed by atoms with E-state index < -0.39 is 8.32 Å². The van der Waals surface area contributed by atoms with Crippen LogP contribution in [0.25, 0.3) is 0 Å². The molecule has 0 aliphatic heterocycles. The Balaban J connectivity index is 4.42. The molecule has 0 aromatic carbocycles. The lowest BCUT2D eigenvalue weighted by Crippen LogP contribution is -2.33. The number of oxime groups is 1. The summed E-state index contributed by atoms with van der Waals surface area (Å²) >= 11 is 0. The third-order valence-corrected chi connectivity index (χ3v) is 2.22. The fourth-order valence-electron chi connectivity index (χ4n) is 0.901. The second kappa shape index (κ2) is 6.61. The molecule has 0 N–H and O–H groups in total.